The van der Waals surface area contributed by atoms with Gasteiger partial charge in [0, 0.05) is 6.20 Å². The van der Waals surface area contributed by atoms with Crippen LogP contribution in [0.4, 0.5) is 0 Å². The number of benzene rings is 2. The second kappa shape index (κ2) is 4.89. The topological polar surface area (TPSA) is 37.8 Å². The molecule has 1 aromatic heterocycles. The second-order valence-corrected chi connectivity index (χ2v) is 4.70. The first-order chi connectivity index (χ1) is 9.66. The first-order valence-electron chi connectivity index (χ1n) is 6.39. The average Bonchev–Trinajstić information content (AvgIpc) is 2.85. The van der Waals surface area contributed by atoms with Gasteiger partial charge in [-0.15, -0.1) is 0 Å². The lowest BCUT2D eigenvalue weighted by molar-refractivity contribution is 0.978. The summed E-state index contributed by atoms with van der Waals surface area (Å²) in [5, 5.41) is 0. The van der Waals surface area contributed by atoms with E-state index in [0.717, 1.165) is 22.5 Å². The molecule has 2 aromatic carbocycles. The van der Waals surface area contributed by atoms with Gasteiger partial charge in [-0.3, -0.25) is 4.57 Å². The number of hydrogen-bond acceptors (Lipinski definition) is 1. The van der Waals surface area contributed by atoms with Crippen molar-refractivity contribution in [3.05, 3.63) is 70.8 Å². The molecular formula is C16H13BN2O. The maximum absolute atomic E-state index is 12.1. The molecule has 0 fully saturated rings. The van der Waals surface area contributed by atoms with E-state index >= 15 is 0 Å². The molecule has 3 aromatic rings. The van der Waals surface area contributed by atoms with Crippen LogP contribution < -0.4 is 11.2 Å². The van der Waals surface area contributed by atoms with Gasteiger partial charge in [0.2, 0.25) is 0 Å². The van der Waals surface area contributed by atoms with Gasteiger partial charge >= 0.3 is 5.69 Å². The van der Waals surface area contributed by atoms with Crippen LogP contribution in [0.15, 0.2) is 59.5 Å². The molecule has 20 heavy (non-hydrogen) atoms. The summed E-state index contributed by atoms with van der Waals surface area (Å²) in [6, 6.07) is 15.3. The van der Waals surface area contributed by atoms with Gasteiger partial charge in [-0.2, -0.15) is 0 Å². The standard InChI is InChI=1S/C16H13BN2O/c1-11-13(17)8-5-9-15(11)19-10-14(18-16(19)20)12-6-3-2-4-7-12/h2-10H,1H3,(H,18,20). The molecule has 4 heteroatoms. The molecule has 1 N–H and O–H groups in total. The van der Waals surface area contributed by atoms with Crippen LogP contribution in [0.25, 0.3) is 16.9 Å². The third kappa shape index (κ3) is 2.09. The van der Waals surface area contributed by atoms with Gasteiger partial charge in [-0.25, -0.2) is 4.79 Å². The normalized spacial score (nSPS) is 10.7. The van der Waals surface area contributed by atoms with E-state index in [9.17, 15) is 4.79 Å². The molecule has 0 aliphatic heterocycles. The first-order valence-corrected chi connectivity index (χ1v) is 6.39. The lowest BCUT2D eigenvalue weighted by Gasteiger charge is -2.08. The van der Waals surface area contributed by atoms with Crippen LogP contribution in [0.5, 0.6) is 0 Å². The number of aromatic amines is 1. The molecule has 3 rings (SSSR count). The van der Waals surface area contributed by atoms with E-state index in [1.807, 2.05) is 55.5 Å². The lowest BCUT2D eigenvalue weighted by Crippen LogP contribution is -2.18. The smallest absolute Gasteiger partial charge is 0.305 e. The van der Waals surface area contributed by atoms with Gasteiger partial charge in [0.1, 0.15) is 7.85 Å². The van der Waals surface area contributed by atoms with Crippen molar-refractivity contribution in [3.63, 3.8) is 0 Å². The monoisotopic (exact) mass is 260 g/mol. The Hall–Kier alpha value is -2.49. The number of hydrogen-bond donors (Lipinski definition) is 1. The molecular weight excluding hydrogens is 247 g/mol. The Morgan fingerprint density at radius 1 is 1.05 bits per heavy atom. The quantitative estimate of drug-likeness (QED) is 0.702. The maximum Gasteiger partial charge on any atom is 0.330 e. The zero-order valence-corrected chi connectivity index (χ0v) is 11.1. The van der Waals surface area contributed by atoms with Gasteiger partial charge in [-0.1, -0.05) is 47.9 Å². The first kappa shape index (κ1) is 12.5. The molecule has 0 saturated carbocycles. The van der Waals surface area contributed by atoms with E-state index in [2.05, 4.69) is 4.98 Å². The maximum atomic E-state index is 12.1. The van der Waals surface area contributed by atoms with E-state index in [4.69, 9.17) is 7.85 Å². The summed E-state index contributed by atoms with van der Waals surface area (Å²) < 4.78 is 1.59. The molecule has 0 spiro atoms. The van der Waals surface area contributed by atoms with Crippen molar-refractivity contribution in [2.75, 3.05) is 0 Å². The SMILES string of the molecule is [B]c1cccc(-n2cc(-c3ccccc3)[nH]c2=O)c1C. The van der Waals surface area contributed by atoms with Gasteiger partial charge < -0.3 is 4.98 Å². The summed E-state index contributed by atoms with van der Waals surface area (Å²) in [5.41, 5.74) is 3.97. The third-order valence-electron chi connectivity index (χ3n) is 3.41. The molecule has 0 unspecified atom stereocenters. The Balaban J connectivity index is 2.15. The molecule has 0 amide bonds. The Kier molecular flexibility index (Phi) is 3.07. The zero-order chi connectivity index (χ0) is 14.1. The third-order valence-corrected chi connectivity index (χ3v) is 3.41. The highest BCUT2D eigenvalue weighted by molar-refractivity contribution is 6.33. The minimum Gasteiger partial charge on any atom is -0.305 e. The van der Waals surface area contributed by atoms with Crippen LogP contribution >= 0.6 is 0 Å². The van der Waals surface area contributed by atoms with Crippen LogP contribution in [-0.2, 0) is 0 Å². The highest BCUT2D eigenvalue weighted by Crippen LogP contribution is 2.17. The van der Waals surface area contributed by atoms with Crippen LogP contribution in [-0.4, -0.2) is 17.4 Å². The molecule has 0 aliphatic rings. The minimum atomic E-state index is -0.169. The van der Waals surface area contributed by atoms with Crippen molar-refractivity contribution < 1.29 is 0 Å². The number of rotatable bonds is 2. The Labute approximate surface area is 118 Å². The van der Waals surface area contributed by atoms with Crippen molar-refractivity contribution in [2.24, 2.45) is 0 Å². The van der Waals surface area contributed by atoms with Crippen LogP contribution in [0.1, 0.15) is 5.56 Å². The van der Waals surface area contributed by atoms with Gasteiger partial charge in [-0.05, 0) is 24.1 Å². The summed E-state index contributed by atoms with van der Waals surface area (Å²) in [5.74, 6) is 0. The van der Waals surface area contributed by atoms with E-state index < -0.39 is 0 Å². The largest absolute Gasteiger partial charge is 0.330 e. The molecule has 2 radical (unpaired) electrons. The van der Waals surface area contributed by atoms with Crippen molar-refractivity contribution in [2.45, 2.75) is 6.92 Å². The number of nitrogens with zero attached hydrogens (tertiary/aromatic N) is 1. The summed E-state index contributed by atoms with van der Waals surface area (Å²) in [6.45, 7) is 1.91. The van der Waals surface area contributed by atoms with E-state index in [1.54, 1.807) is 10.8 Å². The lowest BCUT2D eigenvalue weighted by atomic mass is 9.90. The zero-order valence-electron chi connectivity index (χ0n) is 11.1. The number of nitrogens with one attached hydrogen (secondary N) is 1. The number of H-pyrrole nitrogens is 1. The number of aromatic nitrogens is 2. The summed E-state index contributed by atoms with van der Waals surface area (Å²) in [6.07, 6.45) is 1.80. The predicted molar refractivity (Wildman–Crippen MR) is 82.0 cm³/mol. The Bertz CT molecular complexity index is 803. The summed E-state index contributed by atoms with van der Waals surface area (Å²) >= 11 is 0. The van der Waals surface area contributed by atoms with Crippen molar-refractivity contribution >= 4 is 13.3 Å². The minimum absolute atomic E-state index is 0.169. The predicted octanol–water partition coefficient (Wildman–Crippen LogP) is 1.93. The fourth-order valence-electron chi connectivity index (χ4n) is 2.24. The molecule has 3 nitrogen and oxygen atoms in total. The molecule has 0 saturated heterocycles. The van der Waals surface area contributed by atoms with E-state index in [0.29, 0.717) is 5.46 Å². The fraction of sp³-hybridized carbons (Fsp3) is 0.0625. The number of imidazole rings is 1. The van der Waals surface area contributed by atoms with Crippen LogP contribution in [0.3, 0.4) is 0 Å². The van der Waals surface area contributed by atoms with Crippen molar-refractivity contribution in [3.8, 4) is 16.9 Å². The Morgan fingerprint density at radius 2 is 1.80 bits per heavy atom. The van der Waals surface area contributed by atoms with Crippen molar-refractivity contribution in [1.29, 1.82) is 0 Å². The van der Waals surface area contributed by atoms with Crippen LogP contribution in [0.2, 0.25) is 0 Å². The van der Waals surface area contributed by atoms with E-state index in [-0.39, 0.29) is 5.69 Å². The fourth-order valence-corrected chi connectivity index (χ4v) is 2.24. The molecule has 0 aliphatic carbocycles. The van der Waals surface area contributed by atoms with Gasteiger partial charge in [0.15, 0.2) is 0 Å². The molecule has 0 bridgehead atoms. The summed E-state index contributed by atoms with van der Waals surface area (Å²) in [4.78, 5) is 15.0. The molecule has 1 heterocycles. The Morgan fingerprint density at radius 3 is 2.55 bits per heavy atom. The van der Waals surface area contributed by atoms with Gasteiger partial charge in [0.25, 0.3) is 0 Å². The van der Waals surface area contributed by atoms with Crippen LogP contribution in [0, 0.1) is 6.92 Å². The summed E-state index contributed by atoms with van der Waals surface area (Å²) in [7, 11) is 5.90. The molecule has 0 atom stereocenters. The second-order valence-electron chi connectivity index (χ2n) is 4.70. The average molecular weight is 260 g/mol. The highest BCUT2D eigenvalue weighted by Gasteiger charge is 2.09. The van der Waals surface area contributed by atoms with E-state index in [1.165, 1.54) is 0 Å². The van der Waals surface area contributed by atoms with Crippen molar-refractivity contribution in [1.82, 2.24) is 9.55 Å². The highest BCUT2D eigenvalue weighted by atomic mass is 16.1. The van der Waals surface area contributed by atoms with Gasteiger partial charge in [0.05, 0.1) is 11.4 Å². The molecule has 96 valence electrons.